The zero-order chi connectivity index (χ0) is 26.2. The first-order valence-corrected chi connectivity index (χ1v) is 12.4. The molecule has 6 rings (SSSR count). The molecule has 0 spiro atoms. The van der Waals surface area contributed by atoms with Crippen LogP contribution in [-0.4, -0.2) is 35.8 Å². The number of para-hydroxylation sites is 1. The van der Waals surface area contributed by atoms with E-state index in [2.05, 4.69) is 15.3 Å². The summed E-state index contributed by atoms with van der Waals surface area (Å²) in [5.74, 6) is 0.641. The Kier molecular flexibility index (Phi) is 6.03. The number of rotatable bonds is 6. The van der Waals surface area contributed by atoms with Crippen molar-refractivity contribution in [3.8, 4) is 11.5 Å². The van der Waals surface area contributed by atoms with Crippen LogP contribution in [0.4, 0.5) is 10.1 Å². The van der Waals surface area contributed by atoms with Crippen LogP contribution in [0.25, 0.3) is 0 Å². The molecule has 2 amide bonds. The molecular formula is C29H25FN4O4. The van der Waals surface area contributed by atoms with Crippen LogP contribution >= 0.6 is 0 Å². The van der Waals surface area contributed by atoms with Gasteiger partial charge >= 0.3 is 0 Å². The predicted octanol–water partition coefficient (Wildman–Crippen LogP) is 4.29. The molecule has 0 saturated heterocycles. The van der Waals surface area contributed by atoms with E-state index in [9.17, 15) is 14.0 Å². The van der Waals surface area contributed by atoms with Crippen LogP contribution in [0.3, 0.4) is 0 Å². The molecule has 8 nitrogen and oxygen atoms in total. The molecular weight excluding hydrogens is 487 g/mol. The van der Waals surface area contributed by atoms with E-state index < -0.39 is 0 Å². The minimum atomic E-state index is -0.316. The average molecular weight is 513 g/mol. The fourth-order valence-corrected chi connectivity index (χ4v) is 4.73. The summed E-state index contributed by atoms with van der Waals surface area (Å²) in [6, 6.07) is 17.6. The number of anilines is 1. The summed E-state index contributed by atoms with van der Waals surface area (Å²) < 4.78 is 24.6. The lowest BCUT2D eigenvalue weighted by atomic mass is 10.0. The zero-order valence-corrected chi connectivity index (χ0v) is 20.7. The van der Waals surface area contributed by atoms with Gasteiger partial charge in [-0.15, -0.1) is 0 Å². The number of carbonyl (C=O) groups is 2. The molecule has 1 N–H and O–H groups in total. The Bertz CT molecular complexity index is 1500. The molecule has 9 heteroatoms. The van der Waals surface area contributed by atoms with E-state index in [4.69, 9.17) is 9.47 Å². The second-order valence-electron chi connectivity index (χ2n) is 9.39. The maximum atomic E-state index is 13.7. The Balaban J connectivity index is 1.08. The van der Waals surface area contributed by atoms with E-state index in [0.29, 0.717) is 59.9 Å². The lowest BCUT2D eigenvalue weighted by molar-refractivity contribution is -0.114. The summed E-state index contributed by atoms with van der Waals surface area (Å²) in [4.78, 5) is 27.8. The van der Waals surface area contributed by atoms with Crippen molar-refractivity contribution in [2.45, 2.75) is 26.4 Å². The van der Waals surface area contributed by atoms with Crippen molar-refractivity contribution in [3.63, 3.8) is 0 Å². The summed E-state index contributed by atoms with van der Waals surface area (Å²) in [5, 5.41) is 8.76. The van der Waals surface area contributed by atoms with Crippen LogP contribution in [-0.2, 0) is 17.9 Å². The third-order valence-corrected chi connectivity index (χ3v) is 6.81. The number of amides is 2. The maximum absolute atomic E-state index is 13.7. The van der Waals surface area contributed by atoms with Crippen molar-refractivity contribution < 1.29 is 23.5 Å². The fourth-order valence-electron chi connectivity index (χ4n) is 4.73. The maximum Gasteiger partial charge on any atom is 0.282 e. The highest BCUT2D eigenvalue weighted by Gasteiger charge is 2.34. The Morgan fingerprint density at radius 3 is 2.76 bits per heavy atom. The van der Waals surface area contributed by atoms with Gasteiger partial charge in [0.25, 0.3) is 11.8 Å². The summed E-state index contributed by atoms with van der Waals surface area (Å²) in [5.41, 5.74) is 4.74. The van der Waals surface area contributed by atoms with Crippen LogP contribution in [0.5, 0.6) is 11.5 Å². The van der Waals surface area contributed by atoms with E-state index in [0.717, 1.165) is 16.8 Å². The van der Waals surface area contributed by atoms with E-state index >= 15 is 0 Å². The highest BCUT2D eigenvalue weighted by Crippen LogP contribution is 2.35. The fraction of sp³-hybridized carbons (Fsp3) is 0.207. The number of ether oxygens (including phenoxy) is 2. The summed E-state index contributed by atoms with van der Waals surface area (Å²) in [7, 11) is 0. The molecule has 3 aromatic carbocycles. The lowest BCUT2D eigenvalue weighted by Crippen LogP contribution is -2.29. The third-order valence-electron chi connectivity index (χ3n) is 6.81. The van der Waals surface area contributed by atoms with Crippen LogP contribution in [0.15, 0.2) is 77.5 Å². The molecule has 3 aromatic rings. The van der Waals surface area contributed by atoms with Gasteiger partial charge in [0.05, 0.1) is 17.0 Å². The standard InChI is InChI=1S/C29H25FN4O4/c1-18-13-22(9-10-24(18)30)34-29(36)23-16-33(12-11-25(23)32-34)15-19-5-7-20(8-6-19)28(35)31-14-21-3-2-4-26-27(21)38-17-37-26/h2-10,13,16H,11-12,14-15,17H2,1H3,(H,31,35). The molecule has 0 unspecified atom stereocenters. The van der Waals surface area contributed by atoms with Crippen molar-refractivity contribution in [3.05, 3.63) is 101 Å². The first kappa shape index (κ1) is 23.7. The number of hydrogen-bond donors (Lipinski definition) is 1. The molecule has 0 aromatic heterocycles. The van der Waals surface area contributed by atoms with E-state index in [1.807, 2.05) is 36.5 Å². The number of nitrogens with one attached hydrogen (secondary N) is 1. The molecule has 192 valence electrons. The van der Waals surface area contributed by atoms with Crippen LogP contribution < -0.4 is 19.8 Å². The van der Waals surface area contributed by atoms with Gasteiger partial charge in [0.2, 0.25) is 6.79 Å². The first-order valence-electron chi connectivity index (χ1n) is 12.4. The van der Waals surface area contributed by atoms with Crippen LogP contribution in [0.2, 0.25) is 0 Å². The molecule has 3 aliphatic rings. The number of hydrogen-bond acceptors (Lipinski definition) is 6. The second-order valence-corrected chi connectivity index (χ2v) is 9.39. The first-order chi connectivity index (χ1) is 18.5. The van der Waals surface area contributed by atoms with Gasteiger partial charge in [-0.1, -0.05) is 24.3 Å². The number of nitrogens with zero attached hydrogens (tertiary/aromatic N) is 3. The summed E-state index contributed by atoms with van der Waals surface area (Å²) >= 11 is 0. The van der Waals surface area contributed by atoms with Gasteiger partial charge in [-0.05, 0) is 54.4 Å². The predicted molar refractivity (Wildman–Crippen MR) is 139 cm³/mol. The van der Waals surface area contributed by atoms with Gasteiger partial charge in [-0.3, -0.25) is 9.59 Å². The van der Waals surface area contributed by atoms with Crippen molar-refractivity contribution in [2.24, 2.45) is 5.10 Å². The molecule has 0 aliphatic carbocycles. The molecule has 3 heterocycles. The number of hydrazone groups is 1. The monoisotopic (exact) mass is 512 g/mol. The smallest absolute Gasteiger partial charge is 0.282 e. The van der Waals surface area contributed by atoms with Gasteiger partial charge in [0.15, 0.2) is 11.5 Å². The normalized spacial score (nSPS) is 15.8. The number of fused-ring (bicyclic) bond motifs is 2. The summed E-state index contributed by atoms with van der Waals surface area (Å²) in [6.07, 6.45) is 2.47. The molecule has 0 radical (unpaired) electrons. The van der Waals surface area contributed by atoms with E-state index in [-0.39, 0.29) is 24.4 Å². The van der Waals surface area contributed by atoms with E-state index in [1.165, 1.54) is 11.1 Å². The largest absolute Gasteiger partial charge is 0.454 e. The number of aryl methyl sites for hydroxylation is 1. The van der Waals surface area contributed by atoms with Gasteiger partial charge in [-0.25, -0.2) is 4.39 Å². The number of benzene rings is 3. The average Bonchev–Trinajstić information content (AvgIpc) is 3.54. The Labute approximate surface area is 219 Å². The molecule has 0 bridgehead atoms. The van der Waals surface area contributed by atoms with Crippen molar-refractivity contribution >= 4 is 23.2 Å². The zero-order valence-electron chi connectivity index (χ0n) is 20.7. The molecule has 0 fully saturated rings. The lowest BCUT2D eigenvalue weighted by Gasteiger charge is -2.25. The Morgan fingerprint density at radius 2 is 1.95 bits per heavy atom. The minimum absolute atomic E-state index is 0.179. The van der Waals surface area contributed by atoms with Crippen LogP contribution in [0, 0.1) is 12.7 Å². The highest BCUT2D eigenvalue weighted by molar-refractivity contribution is 6.30. The Hall–Kier alpha value is -4.66. The van der Waals surface area contributed by atoms with Crippen molar-refractivity contribution in [1.82, 2.24) is 10.2 Å². The van der Waals surface area contributed by atoms with E-state index in [1.54, 1.807) is 31.2 Å². The molecule has 3 aliphatic heterocycles. The molecule has 0 saturated carbocycles. The van der Waals surface area contributed by atoms with Gasteiger partial charge < -0.3 is 19.7 Å². The van der Waals surface area contributed by atoms with Crippen molar-refractivity contribution in [2.75, 3.05) is 18.3 Å². The Morgan fingerprint density at radius 1 is 1.11 bits per heavy atom. The SMILES string of the molecule is Cc1cc(N2N=C3CCN(Cc4ccc(C(=O)NCc5cccc6c5OCO6)cc4)C=C3C2=O)ccc1F. The molecule has 0 atom stereocenters. The van der Waals surface area contributed by atoms with Crippen molar-refractivity contribution in [1.29, 1.82) is 0 Å². The summed E-state index contributed by atoms with van der Waals surface area (Å²) in [6.45, 7) is 3.48. The van der Waals surface area contributed by atoms with Gasteiger partial charge in [-0.2, -0.15) is 10.1 Å². The second kappa shape index (κ2) is 9.66. The minimum Gasteiger partial charge on any atom is -0.454 e. The number of carbonyl (C=O) groups excluding carboxylic acids is 2. The van der Waals surface area contributed by atoms with Crippen LogP contribution in [0.1, 0.15) is 33.5 Å². The quantitative estimate of drug-likeness (QED) is 0.533. The third kappa shape index (κ3) is 4.47. The van der Waals surface area contributed by atoms with Gasteiger partial charge in [0, 0.05) is 43.4 Å². The number of halogens is 1. The van der Waals surface area contributed by atoms with Gasteiger partial charge in [0.1, 0.15) is 5.82 Å². The topological polar surface area (TPSA) is 83.5 Å². The highest BCUT2D eigenvalue weighted by atomic mass is 19.1. The molecule has 38 heavy (non-hydrogen) atoms.